The number of ether oxygens (including phenoxy) is 1. The summed E-state index contributed by atoms with van der Waals surface area (Å²) in [6.45, 7) is -0.132. The zero-order valence-corrected chi connectivity index (χ0v) is 13.3. The average Bonchev–Trinajstić information content (AvgIpc) is 2.53. The van der Waals surface area contributed by atoms with Crippen molar-refractivity contribution < 1.29 is 27.0 Å². The Morgan fingerprint density at radius 2 is 1.96 bits per heavy atom. The summed E-state index contributed by atoms with van der Waals surface area (Å²) in [5.41, 5.74) is -1.02. The molecule has 0 fully saturated rings. The van der Waals surface area contributed by atoms with Gasteiger partial charge in [-0.25, -0.2) is 21.9 Å². The van der Waals surface area contributed by atoms with Crippen LogP contribution in [-0.4, -0.2) is 26.7 Å². The van der Waals surface area contributed by atoms with Crippen LogP contribution in [-0.2, 0) is 15.6 Å². The number of hydrogen-bond donors (Lipinski definition) is 2. The fourth-order valence-electron chi connectivity index (χ4n) is 2.61. The van der Waals surface area contributed by atoms with Gasteiger partial charge in [0.05, 0.1) is 6.61 Å². The van der Waals surface area contributed by atoms with Gasteiger partial charge in [0.15, 0.2) is 0 Å². The molecule has 5 nitrogen and oxygen atoms in total. The number of aliphatic hydroxyl groups is 1. The largest absolute Gasteiger partial charge is 0.493 e. The van der Waals surface area contributed by atoms with Crippen LogP contribution in [0.3, 0.4) is 0 Å². The van der Waals surface area contributed by atoms with Gasteiger partial charge >= 0.3 is 0 Å². The molecule has 2 aromatic rings. The van der Waals surface area contributed by atoms with Gasteiger partial charge in [0, 0.05) is 24.6 Å². The van der Waals surface area contributed by atoms with Crippen molar-refractivity contribution in [3.8, 4) is 5.75 Å². The predicted molar refractivity (Wildman–Crippen MR) is 82.0 cm³/mol. The summed E-state index contributed by atoms with van der Waals surface area (Å²) < 4.78 is 58.7. The van der Waals surface area contributed by atoms with Crippen molar-refractivity contribution in [3.05, 3.63) is 59.7 Å². The third-order valence-corrected chi connectivity index (χ3v) is 5.33. The van der Waals surface area contributed by atoms with Crippen LogP contribution in [0.2, 0.25) is 0 Å². The Labute approximate surface area is 137 Å². The SMILES string of the molecule is O=S(=O)(NCC1(O)CCOc2ccccc21)c1ccc(F)cc1F. The smallest absolute Gasteiger partial charge is 0.243 e. The standard InChI is InChI=1S/C16H15F2NO4S/c17-11-5-6-15(13(18)9-11)24(21,22)19-10-16(20)7-8-23-14-4-2-1-3-12(14)16/h1-6,9,19-20H,7-8,10H2. The summed E-state index contributed by atoms with van der Waals surface area (Å²) in [6.07, 6.45) is 0.179. The third-order valence-electron chi connectivity index (χ3n) is 3.90. The summed E-state index contributed by atoms with van der Waals surface area (Å²) in [4.78, 5) is -0.673. The summed E-state index contributed by atoms with van der Waals surface area (Å²) in [5, 5.41) is 10.8. The Morgan fingerprint density at radius 3 is 2.71 bits per heavy atom. The molecule has 0 amide bonds. The molecule has 24 heavy (non-hydrogen) atoms. The van der Waals surface area contributed by atoms with Crippen LogP contribution in [0.1, 0.15) is 12.0 Å². The fraction of sp³-hybridized carbons (Fsp3) is 0.250. The molecule has 0 bridgehead atoms. The van der Waals surface area contributed by atoms with Gasteiger partial charge < -0.3 is 9.84 Å². The molecule has 0 aromatic heterocycles. The topological polar surface area (TPSA) is 75.6 Å². The van der Waals surface area contributed by atoms with Crippen molar-refractivity contribution in [2.24, 2.45) is 0 Å². The molecule has 1 atom stereocenters. The van der Waals surface area contributed by atoms with E-state index in [-0.39, 0.29) is 19.6 Å². The van der Waals surface area contributed by atoms with Gasteiger partial charge in [-0.2, -0.15) is 0 Å². The maximum Gasteiger partial charge on any atom is 0.243 e. The van der Waals surface area contributed by atoms with E-state index in [2.05, 4.69) is 4.72 Å². The van der Waals surface area contributed by atoms with Gasteiger partial charge in [-0.1, -0.05) is 18.2 Å². The molecule has 2 N–H and O–H groups in total. The summed E-state index contributed by atoms with van der Waals surface area (Å²) in [5.74, 6) is -1.59. The lowest BCUT2D eigenvalue weighted by molar-refractivity contribution is 0.00218. The highest BCUT2D eigenvalue weighted by molar-refractivity contribution is 7.89. The quantitative estimate of drug-likeness (QED) is 0.879. The number of hydrogen-bond acceptors (Lipinski definition) is 4. The maximum absolute atomic E-state index is 13.7. The first-order chi connectivity index (χ1) is 11.3. The first-order valence-electron chi connectivity index (χ1n) is 7.21. The molecule has 0 aliphatic carbocycles. The molecule has 0 radical (unpaired) electrons. The van der Waals surface area contributed by atoms with Crippen molar-refractivity contribution >= 4 is 10.0 Å². The molecule has 0 saturated heterocycles. The van der Waals surface area contributed by atoms with E-state index in [1.807, 2.05) is 0 Å². The van der Waals surface area contributed by atoms with Crippen LogP contribution >= 0.6 is 0 Å². The molecule has 3 rings (SSSR count). The Balaban J connectivity index is 1.85. The number of rotatable bonds is 4. The summed E-state index contributed by atoms with van der Waals surface area (Å²) >= 11 is 0. The minimum absolute atomic E-state index is 0.179. The van der Waals surface area contributed by atoms with E-state index in [0.717, 1.165) is 12.1 Å². The second-order valence-electron chi connectivity index (χ2n) is 5.53. The van der Waals surface area contributed by atoms with Gasteiger partial charge in [0.2, 0.25) is 10.0 Å². The molecule has 1 unspecified atom stereocenters. The highest BCUT2D eigenvalue weighted by atomic mass is 32.2. The first-order valence-corrected chi connectivity index (χ1v) is 8.70. The van der Waals surface area contributed by atoms with Crippen molar-refractivity contribution in [3.63, 3.8) is 0 Å². The van der Waals surface area contributed by atoms with Crippen LogP contribution in [0, 0.1) is 11.6 Å². The number of para-hydroxylation sites is 1. The van der Waals surface area contributed by atoms with E-state index in [1.54, 1.807) is 24.3 Å². The number of benzene rings is 2. The molecule has 0 spiro atoms. The average molecular weight is 355 g/mol. The lowest BCUT2D eigenvalue weighted by Gasteiger charge is -2.34. The highest BCUT2D eigenvalue weighted by Gasteiger charge is 2.37. The first kappa shape index (κ1) is 16.8. The minimum Gasteiger partial charge on any atom is -0.493 e. The normalized spacial score (nSPS) is 20.3. The Morgan fingerprint density at radius 1 is 1.21 bits per heavy atom. The fourth-order valence-corrected chi connectivity index (χ4v) is 3.76. The number of nitrogens with one attached hydrogen (secondary N) is 1. The predicted octanol–water partition coefficient (Wildman–Crippen LogP) is 1.91. The molecule has 8 heteroatoms. The molecule has 2 aromatic carbocycles. The molecule has 128 valence electrons. The van der Waals surface area contributed by atoms with E-state index >= 15 is 0 Å². The van der Waals surface area contributed by atoms with Crippen LogP contribution in [0.15, 0.2) is 47.4 Å². The Bertz CT molecular complexity index is 872. The lowest BCUT2D eigenvalue weighted by Crippen LogP contribution is -2.44. The summed E-state index contributed by atoms with van der Waals surface area (Å²) in [6, 6.07) is 8.95. The zero-order chi connectivity index (χ0) is 17.4. The molecule has 1 heterocycles. The number of halogens is 2. The second kappa shape index (κ2) is 6.12. The van der Waals surface area contributed by atoms with Gasteiger partial charge in [0.1, 0.15) is 27.9 Å². The number of sulfonamides is 1. The monoisotopic (exact) mass is 355 g/mol. The van der Waals surface area contributed by atoms with E-state index in [1.165, 1.54) is 0 Å². The van der Waals surface area contributed by atoms with E-state index < -0.39 is 32.2 Å². The summed E-state index contributed by atoms with van der Waals surface area (Å²) in [7, 11) is -4.24. The minimum atomic E-state index is -4.24. The van der Waals surface area contributed by atoms with Gasteiger partial charge in [0.25, 0.3) is 0 Å². The van der Waals surface area contributed by atoms with Gasteiger partial charge in [-0.15, -0.1) is 0 Å². The van der Waals surface area contributed by atoms with E-state index in [9.17, 15) is 22.3 Å². The third kappa shape index (κ3) is 3.12. The van der Waals surface area contributed by atoms with Crippen LogP contribution in [0.25, 0.3) is 0 Å². The second-order valence-corrected chi connectivity index (χ2v) is 7.26. The van der Waals surface area contributed by atoms with Crippen molar-refractivity contribution in [1.29, 1.82) is 0 Å². The van der Waals surface area contributed by atoms with Crippen LogP contribution in [0.5, 0.6) is 5.75 Å². The molecular weight excluding hydrogens is 340 g/mol. The maximum atomic E-state index is 13.7. The highest BCUT2D eigenvalue weighted by Crippen LogP contribution is 2.36. The van der Waals surface area contributed by atoms with Crippen LogP contribution < -0.4 is 9.46 Å². The molecule has 1 aliphatic rings. The van der Waals surface area contributed by atoms with E-state index in [4.69, 9.17) is 4.74 Å². The van der Waals surface area contributed by atoms with Crippen molar-refractivity contribution in [1.82, 2.24) is 4.72 Å². The molecule has 1 aliphatic heterocycles. The van der Waals surface area contributed by atoms with Crippen LogP contribution in [0.4, 0.5) is 8.78 Å². The van der Waals surface area contributed by atoms with Crippen molar-refractivity contribution in [2.45, 2.75) is 16.9 Å². The molecular formula is C16H15F2NO4S. The van der Waals surface area contributed by atoms with E-state index in [0.29, 0.717) is 17.4 Å². The van der Waals surface area contributed by atoms with Gasteiger partial charge in [-0.05, 0) is 18.2 Å². The Hall–Kier alpha value is -2.03. The molecule has 0 saturated carbocycles. The van der Waals surface area contributed by atoms with Crippen molar-refractivity contribution in [2.75, 3.05) is 13.2 Å². The van der Waals surface area contributed by atoms with Gasteiger partial charge in [-0.3, -0.25) is 0 Å². The Kier molecular flexibility index (Phi) is 4.29. The lowest BCUT2D eigenvalue weighted by atomic mass is 9.88. The number of fused-ring (bicyclic) bond motifs is 1. The zero-order valence-electron chi connectivity index (χ0n) is 12.5.